The summed E-state index contributed by atoms with van der Waals surface area (Å²) in [4.78, 5) is 0. The molecule has 1 radical (unpaired) electrons. The van der Waals surface area contributed by atoms with Crippen LogP contribution in [0.15, 0.2) is 60.7 Å². The first kappa shape index (κ1) is 14.1. The van der Waals surface area contributed by atoms with E-state index in [4.69, 9.17) is 0 Å². The standard InChI is InChI=1S/C18H23Si/c1-18(2,3)19(14-16-10-6-4-7-11-16)15-17-12-8-5-9-13-17/h4-13H,14-15H2,1-3H3. The summed E-state index contributed by atoms with van der Waals surface area (Å²) in [6.45, 7) is 7.19. The first-order valence-corrected chi connectivity index (χ1v) is 8.90. The molecule has 0 aliphatic rings. The molecule has 0 aliphatic carbocycles. The zero-order valence-corrected chi connectivity index (χ0v) is 13.2. The Balaban J connectivity index is 2.13. The minimum atomic E-state index is -0.465. The van der Waals surface area contributed by atoms with E-state index in [1.54, 1.807) is 0 Å². The molecule has 0 amide bonds. The second-order valence-corrected chi connectivity index (χ2v) is 9.59. The zero-order valence-electron chi connectivity index (χ0n) is 12.2. The fourth-order valence-electron chi connectivity index (χ4n) is 2.28. The fourth-order valence-corrected chi connectivity index (χ4v) is 4.92. The van der Waals surface area contributed by atoms with Crippen molar-refractivity contribution in [3.05, 3.63) is 71.8 Å². The molecule has 0 N–H and O–H groups in total. The van der Waals surface area contributed by atoms with E-state index in [1.165, 1.54) is 23.2 Å². The van der Waals surface area contributed by atoms with Crippen LogP contribution >= 0.6 is 0 Å². The summed E-state index contributed by atoms with van der Waals surface area (Å²) in [5.41, 5.74) is 2.98. The highest BCUT2D eigenvalue weighted by Gasteiger charge is 2.26. The van der Waals surface area contributed by atoms with Gasteiger partial charge in [0.2, 0.25) is 0 Å². The van der Waals surface area contributed by atoms with E-state index in [-0.39, 0.29) is 0 Å². The topological polar surface area (TPSA) is 0 Å². The second-order valence-electron chi connectivity index (χ2n) is 6.18. The predicted octanol–water partition coefficient (Wildman–Crippen LogP) is 4.85. The maximum Gasteiger partial charge on any atom is 0.0629 e. The smallest absolute Gasteiger partial charge is 0.0627 e. The normalized spacial score (nSPS) is 11.8. The molecule has 0 fully saturated rings. The third-order valence-corrected chi connectivity index (χ3v) is 7.37. The number of rotatable bonds is 4. The van der Waals surface area contributed by atoms with Crippen molar-refractivity contribution >= 4 is 8.80 Å². The number of hydrogen-bond acceptors (Lipinski definition) is 0. The molecule has 0 unspecified atom stereocenters. The van der Waals surface area contributed by atoms with Crippen LogP contribution in [0.2, 0.25) is 5.04 Å². The molecule has 0 atom stereocenters. The van der Waals surface area contributed by atoms with Crippen LogP contribution in [0.3, 0.4) is 0 Å². The van der Waals surface area contributed by atoms with Crippen LogP contribution in [0.25, 0.3) is 0 Å². The number of hydrogen-bond donors (Lipinski definition) is 0. The number of benzene rings is 2. The lowest BCUT2D eigenvalue weighted by Gasteiger charge is -2.29. The van der Waals surface area contributed by atoms with Crippen LogP contribution in [0.5, 0.6) is 0 Å². The van der Waals surface area contributed by atoms with Crippen molar-refractivity contribution in [3.8, 4) is 0 Å². The molecule has 0 aromatic heterocycles. The molecule has 0 nitrogen and oxygen atoms in total. The third-order valence-electron chi connectivity index (χ3n) is 3.58. The summed E-state index contributed by atoms with van der Waals surface area (Å²) in [7, 11) is -0.465. The van der Waals surface area contributed by atoms with Gasteiger partial charge in [0, 0.05) is 0 Å². The van der Waals surface area contributed by atoms with E-state index >= 15 is 0 Å². The molecule has 0 saturated heterocycles. The quantitative estimate of drug-likeness (QED) is 0.695. The maximum absolute atomic E-state index is 2.40. The molecule has 1 heteroatoms. The lowest BCUT2D eigenvalue weighted by molar-refractivity contribution is 0.724. The van der Waals surface area contributed by atoms with Crippen molar-refractivity contribution < 1.29 is 0 Å². The van der Waals surface area contributed by atoms with Crippen LogP contribution in [0.1, 0.15) is 31.9 Å². The summed E-state index contributed by atoms with van der Waals surface area (Å²) in [6.07, 6.45) is 0. The van der Waals surface area contributed by atoms with Gasteiger partial charge in [-0.3, -0.25) is 0 Å². The van der Waals surface area contributed by atoms with Crippen LogP contribution in [-0.4, -0.2) is 8.80 Å². The Morgan fingerprint density at radius 3 is 1.37 bits per heavy atom. The van der Waals surface area contributed by atoms with Gasteiger partial charge in [0.1, 0.15) is 0 Å². The van der Waals surface area contributed by atoms with Gasteiger partial charge >= 0.3 is 0 Å². The molecule has 0 spiro atoms. The van der Waals surface area contributed by atoms with Crippen molar-refractivity contribution in [1.29, 1.82) is 0 Å². The molecule has 19 heavy (non-hydrogen) atoms. The van der Waals surface area contributed by atoms with E-state index < -0.39 is 8.80 Å². The fraction of sp³-hybridized carbons (Fsp3) is 0.333. The molecule has 2 rings (SSSR count). The molecule has 0 heterocycles. The SMILES string of the molecule is CC(C)(C)[Si](Cc1ccccc1)Cc1ccccc1. The summed E-state index contributed by atoms with van der Waals surface area (Å²) in [5.74, 6) is 0. The molecule has 0 bridgehead atoms. The molecular formula is C18H23Si. The van der Waals surface area contributed by atoms with Crippen molar-refractivity contribution in [2.24, 2.45) is 0 Å². The van der Waals surface area contributed by atoms with Gasteiger partial charge in [-0.05, 0) is 17.1 Å². The van der Waals surface area contributed by atoms with Gasteiger partial charge in [-0.25, -0.2) is 0 Å². The summed E-state index contributed by atoms with van der Waals surface area (Å²) >= 11 is 0. The predicted molar refractivity (Wildman–Crippen MR) is 85.8 cm³/mol. The van der Waals surface area contributed by atoms with Gasteiger partial charge in [-0.15, -0.1) is 0 Å². The largest absolute Gasteiger partial charge is 0.0629 e. The minimum Gasteiger partial charge on any atom is -0.0627 e. The van der Waals surface area contributed by atoms with Crippen LogP contribution in [0, 0.1) is 0 Å². The second kappa shape index (κ2) is 6.20. The average Bonchev–Trinajstić information content (AvgIpc) is 2.39. The molecular weight excluding hydrogens is 244 g/mol. The molecule has 0 saturated carbocycles. The monoisotopic (exact) mass is 267 g/mol. The van der Waals surface area contributed by atoms with Gasteiger partial charge in [-0.1, -0.05) is 92.6 Å². The van der Waals surface area contributed by atoms with Crippen LogP contribution in [0.4, 0.5) is 0 Å². The Kier molecular flexibility index (Phi) is 4.59. The van der Waals surface area contributed by atoms with Crippen molar-refractivity contribution in [2.45, 2.75) is 37.9 Å². The first-order valence-electron chi connectivity index (χ1n) is 6.99. The Labute approximate surface area is 119 Å². The van der Waals surface area contributed by atoms with E-state index in [1.807, 2.05) is 0 Å². The van der Waals surface area contributed by atoms with Gasteiger partial charge in [0.05, 0.1) is 8.80 Å². The summed E-state index contributed by atoms with van der Waals surface area (Å²) in [5, 5.41) is 0.427. The maximum atomic E-state index is 2.40. The highest BCUT2D eigenvalue weighted by atomic mass is 28.3. The summed E-state index contributed by atoms with van der Waals surface area (Å²) in [6, 6.07) is 24.4. The van der Waals surface area contributed by atoms with Gasteiger partial charge in [0.25, 0.3) is 0 Å². The van der Waals surface area contributed by atoms with E-state index in [9.17, 15) is 0 Å². The Hall–Kier alpha value is -1.34. The van der Waals surface area contributed by atoms with E-state index in [0.717, 1.165) is 0 Å². The third kappa shape index (κ3) is 4.36. The zero-order chi connectivity index (χ0) is 13.7. The van der Waals surface area contributed by atoms with E-state index in [0.29, 0.717) is 5.04 Å². The minimum absolute atomic E-state index is 0.427. The van der Waals surface area contributed by atoms with Crippen molar-refractivity contribution in [2.75, 3.05) is 0 Å². The lowest BCUT2D eigenvalue weighted by atomic mass is 10.2. The van der Waals surface area contributed by atoms with E-state index in [2.05, 4.69) is 81.4 Å². The Morgan fingerprint density at radius 2 is 1.05 bits per heavy atom. The highest BCUT2D eigenvalue weighted by Crippen LogP contribution is 2.31. The van der Waals surface area contributed by atoms with Gasteiger partial charge < -0.3 is 0 Å². The van der Waals surface area contributed by atoms with Gasteiger partial charge in [0.15, 0.2) is 0 Å². The van der Waals surface area contributed by atoms with Crippen molar-refractivity contribution in [3.63, 3.8) is 0 Å². The van der Waals surface area contributed by atoms with Gasteiger partial charge in [-0.2, -0.15) is 0 Å². The highest BCUT2D eigenvalue weighted by molar-refractivity contribution is 6.61. The Morgan fingerprint density at radius 1 is 0.684 bits per heavy atom. The van der Waals surface area contributed by atoms with Crippen LogP contribution in [-0.2, 0) is 12.1 Å². The molecule has 2 aromatic carbocycles. The van der Waals surface area contributed by atoms with Crippen LogP contribution < -0.4 is 0 Å². The molecule has 99 valence electrons. The van der Waals surface area contributed by atoms with Crippen molar-refractivity contribution in [1.82, 2.24) is 0 Å². The molecule has 2 aromatic rings. The average molecular weight is 267 g/mol. The molecule has 0 aliphatic heterocycles. The Bertz CT molecular complexity index is 441. The first-order chi connectivity index (χ1) is 9.05. The lowest BCUT2D eigenvalue weighted by Crippen LogP contribution is -2.31. The summed E-state index contributed by atoms with van der Waals surface area (Å²) < 4.78 is 0.